The van der Waals surface area contributed by atoms with E-state index in [4.69, 9.17) is 18.9 Å². The molecule has 7 nitrogen and oxygen atoms in total. The summed E-state index contributed by atoms with van der Waals surface area (Å²) in [5.41, 5.74) is 2.43. The number of benzene rings is 1. The van der Waals surface area contributed by atoms with Crippen molar-refractivity contribution in [3.05, 3.63) is 47.3 Å². The number of aryl methyl sites for hydroxylation is 1. The fourth-order valence-corrected chi connectivity index (χ4v) is 3.50. The molecule has 0 saturated carbocycles. The van der Waals surface area contributed by atoms with Crippen molar-refractivity contribution < 1.29 is 28.5 Å². The largest absolute Gasteiger partial charge is 0.493 e. The predicted octanol–water partition coefficient (Wildman–Crippen LogP) is 3.10. The maximum Gasteiger partial charge on any atom is 0.344 e. The molecule has 29 heavy (non-hydrogen) atoms. The molecule has 1 aliphatic heterocycles. The lowest BCUT2D eigenvalue weighted by Gasteiger charge is -2.14. The number of aromatic nitrogens is 1. The SMILES string of the molecule is COc1ccccc1OCC(=O)OCC(=O)c1cc(C)n(C[C@H]2CCCO2)c1C. The number of esters is 1. The number of nitrogens with zero attached hydrogens (tertiary/aromatic N) is 1. The smallest absolute Gasteiger partial charge is 0.344 e. The van der Waals surface area contributed by atoms with Gasteiger partial charge in [-0.25, -0.2) is 4.79 Å². The van der Waals surface area contributed by atoms with E-state index in [0.717, 1.165) is 37.4 Å². The summed E-state index contributed by atoms with van der Waals surface area (Å²) in [5, 5.41) is 0. The van der Waals surface area contributed by atoms with E-state index < -0.39 is 5.97 Å². The first kappa shape index (κ1) is 20.9. The average molecular weight is 401 g/mol. The number of ether oxygens (including phenoxy) is 4. The summed E-state index contributed by atoms with van der Waals surface area (Å²) in [6, 6.07) is 8.85. The van der Waals surface area contributed by atoms with Gasteiger partial charge in [-0.05, 0) is 44.9 Å². The highest BCUT2D eigenvalue weighted by Gasteiger charge is 2.21. The maximum atomic E-state index is 12.6. The number of rotatable bonds is 9. The van der Waals surface area contributed by atoms with Crippen LogP contribution in [-0.4, -0.2) is 49.4 Å². The molecule has 0 spiro atoms. The minimum atomic E-state index is -0.614. The second-order valence-corrected chi connectivity index (χ2v) is 7.05. The monoisotopic (exact) mass is 401 g/mol. The molecule has 0 unspecified atom stereocenters. The molecule has 1 saturated heterocycles. The van der Waals surface area contributed by atoms with Crippen LogP contribution in [0.5, 0.6) is 11.5 Å². The van der Waals surface area contributed by atoms with Crippen molar-refractivity contribution >= 4 is 11.8 Å². The Morgan fingerprint density at radius 1 is 1.17 bits per heavy atom. The van der Waals surface area contributed by atoms with E-state index in [-0.39, 0.29) is 25.1 Å². The van der Waals surface area contributed by atoms with Crippen molar-refractivity contribution in [2.24, 2.45) is 0 Å². The van der Waals surface area contributed by atoms with Crippen LogP contribution in [-0.2, 0) is 20.8 Å². The van der Waals surface area contributed by atoms with Crippen molar-refractivity contribution in [2.75, 3.05) is 26.9 Å². The van der Waals surface area contributed by atoms with E-state index in [9.17, 15) is 9.59 Å². The number of carbonyl (C=O) groups is 2. The second kappa shape index (κ2) is 9.60. The van der Waals surface area contributed by atoms with Gasteiger partial charge in [-0.2, -0.15) is 0 Å². The number of carbonyl (C=O) groups excluding carboxylic acids is 2. The van der Waals surface area contributed by atoms with Gasteiger partial charge in [0.15, 0.2) is 24.7 Å². The number of hydrogen-bond acceptors (Lipinski definition) is 6. The van der Waals surface area contributed by atoms with Gasteiger partial charge in [0.05, 0.1) is 13.2 Å². The number of methoxy groups -OCH3 is 1. The third-order valence-corrected chi connectivity index (χ3v) is 5.06. The van der Waals surface area contributed by atoms with Gasteiger partial charge in [-0.3, -0.25) is 4.79 Å². The van der Waals surface area contributed by atoms with E-state index >= 15 is 0 Å². The molecule has 1 fully saturated rings. The van der Waals surface area contributed by atoms with Crippen LogP contribution in [0.1, 0.15) is 34.6 Å². The topological polar surface area (TPSA) is 76.0 Å². The summed E-state index contributed by atoms with van der Waals surface area (Å²) in [4.78, 5) is 24.5. The Kier molecular flexibility index (Phi) is 6.93. The number of hydrogen-bond donors (Lipinski definition) is 0. The van der Waals surface area contributed by atoms with Crippen LogP contribution in [0.25, 0.3) is 0 Å². The third-order valence-electron chi connectivity index (χ3n) is 5.06. The standard InChI is InChI=1S/C22H27NO6/c1-15-11-18(16(2)23(15)12-17-7-6-10-27-17)19(24)13-29-22(25)14-28-21-9-5-4-8-20(21)26-3/h4-5,8-9,11,17H,6-7,10,12-14H2,1-3H3/t17-/m1/s1. The maximum absolute atomic E-state index is 12.6. The van der Waals surface area contributed by atoms with E-state index in [1.54, 1.807) is 24.3 Å². The summed E-state index contributed by atoms with van der Waals surface area (Å²) in [6.45, 7) is 4.78. The molecular formula is C22H27NO6. The first-order chi connectivity index (χ1) is 14.0. The Morgan fingerprint density at radius 2 is 1.93 bits per heavy atom. The van der Waals surface area contributed by atoms with Gasteiger partial charge in [-0.15, -0.1) is 0 Å². The summed E-state index contributed by atoms with van der Waals surface area (Å²) in [7, 11) is 1.52. The molecule has 1 aromatic carbocycles. The zero-order chi connectivity index (χ0) is 20.8. The van der Waals surface area contributed by atoms with Gasteiger partial charge in [0.2, 0.25) is 5.78 Å². The van der Waals surface area contributed by atoms with Crippen LogP contribution in [0.2, 0.25) is 0 Å². The van der Waals surface area contributed by atoms with Gasteiger partial charge < -0.3 is 23.5 Å². The molecule has 2 aromatic rings. The summed E-state index contributed by atoms with van der Waals surface area (Å²) in [5.74, 6) is 0.116. The van der Waals surface area contributed by atoms with Crippen LogP contribution in [0, 0.1) is 13.8 Å². The molecule has 156 valence electrons. The lowest BCUT2D eigenvalue weighted by molar-refractivity contribution is -0.144. The van der Waals surface area contributed by atoms with Gasteiger partial charge in [0.1, 0.15) is 0 Å². The molecule has 0 amide bonds. The highest BCUT2D eigenvalue weighted by Crippen LogP contribution is 2.25. The number of Topliss-reactive ketones (excluding diaryl/α,β-unsaturated/α-hetero) is 1. The molecule has 0 N–H and O–H groups in total. The summed E-state index contributed by atoms with van der Waals surface area (Å²) >= 11 is 0. The first-order valence-corrected chi connectivity index (χ1v) is 9.72. The molecule has 3 rings (SSSR count). The molecule has 2 heterocycles. The minimum Gasteiger partial charge on any atom is -0.493 e. The van der Waals surface area contributed by atoms with E-state index in [0.29, 0.717) is 17.1 Å². The third kappa shape index (κ3) is 5.17. The van der Waals surface area contributed by atoms with Gasteiger partial charge in [0, 0.05) is 30.1 Å². The zero-order valence-corrected chi connectivity index (χ0v) is 17.1. The fraction of sp³-hybridized carbons (Fsp3) is 0.455. The van der Waals surface area contributed by atoms with Gasteiger partial charge in [0.25, 0.3) is 0 Å². The lowest BCUT2D eigenvalue weighted by atomic mass is 10.1. The molecular weight excluding hydrogens is 374 g/mol. The highest BCUT2D eigenvalue weighted by atomic mass is 16.6. The van der Waals surface area contributed by atoms with Crippen LogP contribution in [0.3, 0.4) is 0 Å². The molecule has 1 aromatic heterocycles. The summed E-state index contributed by atoms with van der Waals surface area (Å²) < 4.78 is 23.5. The molecule has 1 aliphatic rings. The quantitative estimate of drug-likeness (QED) is 0.475. The first-order valence-electron chi connectivity index (χ1n) is 9.72. The van der Waals surface area contributed by atoms with Crippen molar-refractivity contribution in [3.63, 3.8) is 0 Å². The Balaban J connectivity index is 1.53. The zero-order valence-electron chi connectivity index (χ0n) is 17.1. The van der Waals surface area contributed by atoms with E-state index in [1.165, 1.54) is 7.11 Å². The highest BCUT2D eigenvalue weighted by molar-refractivity contribution is 5.99. The van der Waals surface area contributed by atoms with E-state index in [2.05, 4.69) is 4.57 Å². The predicted molar refractivity (Wildman–Crippen MR) is 107 cm³/mol. The molecule has 0 bridgehead atoms. The normalized spacial score (nSPS) is 15.9. The van der Waals surface area contributed by atoms with Crippen molar-refractivity contribution in [1.29, 1.82) is 0 Å². The van der Waals surface area contributed by atoms with Crippen LogP contribution in [0.15, 0.2) is 30.3 Å². The summed E-state index contributed by atoms with van der Waals surface area (Å²) in [6.07, 6.45) is 2.29. The van der Waals surface area contributed by atoms with Crippen molar-refractivity contribution in [3.8, 4) is 11.5 Å². The molecule has 7 heteroatoms. The van der Waals surface area contributed by atoms with Gasteiger partial charge >= 0.3 is 5.97 Å². The van der Waals surface area contributed by atoms with Crippen LogP contribution >= 0.6 is 0 Å². The van der Waals surface area contributed by atoms with Gasteiger partial charge in [-0.1, -0.05) is 12.1 Å². The fourth-order valence-electron chi connectivity index (χ4n) is 3.50. The minimum absolute atomic E-state index is 0.188. The van der Waals surface area contributed by atoms with E-state index in [1.807, 2.05) is 19.9 Å². The number of ketones is 1. The van der Waals surface area contributed by atoms with Crippen molar-refractivity contribution in [2.45, 2.75) is 39.3 Å². The number of para-hydroxylation sites is 2. The molecule has 0 aliphatic carbocycles. The van der Waals surface area contributed by atoms with Crippen LogP contribution < -0.4 is 9.47 Å². The lowest BCUT2D eigenvalue weighted by Crippen LogP contribution is -2.20. The molecule has 1 atom stereocenters. The second-order valence-electron chi connectivity index (χ2n) is 7.05. The Bertz CT molecular complexity index is 866. The Labute approximate surface area is 170 Å². The van der Waals surface area contributed by atoms with Crippen LogP contribution in [0.4, 0.5) is 0 Å². The van der Waals surface area contributed by atoms with Crippen molar-refractivity contribution in [1.82, 2.24) is 4.57 Å². The molecule has 0 radical (unpaired) electrons. The Hall–Kier alpha value is -2.80. The Morgan fingerprint density at radius 3 is 2.62 bits per heavy atom. The average Bonchev–Trinajstić information content (AvgIpc) is 3.34.